The fraction of sp³-hybridized carbons (Fsp3) is 0.261. The molecule has 1 aliphatic rings. The van der Waals surface area contributed by atoms with E-state index in [1.807, 2.05) is 31.2 Å². The molecule has 0 saturated heterocycles. The third-order valence-electron chi connectivity index (χ3n) is 5.46. The normalized spacial score (nSPS) is 15.1. The molecular weight excluding hydrogens is 410 g/mol. The second kappa shape index (κ2) is 8.26. The van der Waals surface area contributed by atoms with Crippen LogP contribution < -0.4 is 25.3 Å². The number of ether oxygens (including phenoxy) is 3. The van der Waals surface area contributed by atoms with Gasteiger partial charge in [0.25, 0.3) is 0 Å². The van der Waals surface area contributed by atoms with Crippen molar-refractivity contribution in [3.8, 4) is 28.6 Å². The van der Waals surface area contributed by atoms with Crippen LogP contribution in [0.5, 0.6) is 17.2 Å². The molecule has 0 radical (unpaired) electrons. The quantitative estimate of drug-likeness (QED) is 0.612. The van der Waals surface area contributed by atoms with E-state index in [0.29, 0.717) is 45.9 Å². The van der Waals surface area contributed by atoms with Gasteiger partial charge >= 0.3 is 0 Å². The summed E-state index contributed by atoms with van der Waals surface area (Å²) in [6.45, 7) is 3.80. The van der Waals surface area contributed by atoms with E-state index in [0.717, 1.165) is 11.1 Å². The molecule has 9 heteroatoms. The fourth-order valence-electron chi connectivity index (χ4n) is 3.85. The van der Waals surface area contributed by atoms with Crippen LogP contribution in [0.15, 0.2) is 47.7 Å². The first-order chi connectivity index (χ1) is 15.4. The highest BCUT2D eigenvalue weighted by Crippen LogP contribution is 2.44. The van der Waals surface area contributed by atoms with Crippen LogP contribution in [-0.2, 0) is 4.79 Å². The van der Waals surface area contributed by atoms with Crippen molar-refractivity contribution < 1.29 is 19.0 Å². The number of primary amides is 1. The number of fused-ring (bicyclic) bond motifs is 1. The number of hydrogen-bond acceptors (Lipinski definition) is 7. The third kappa shape index (κ3) is 3.51. The smallest absolute Gasteiger partial charge is 0.248 e. The van der Waals surface area contributed by atoms with Crippen LogP contribution in [0.25, 0.3) is 11.4 Å². The summed E-state index contributed by atoms with van der Waals surface area (Å²) in [4.78, 5) is 17.2. The summed E-state index contributed by atoms with van der Waals surface area (Å²) in [6, 6.07) is 10.7. The molecule has 2 aromatic carbocycles. The second-order valence-electron chi connectivity index (χ2n) is 7.45. The van der Waals surface area contributed by atoms with E-state index in [-0.39, 0.29) is 0 Å². The van der Waals surface area contributed by atoms with E-state index >= 15 is 0 Å². The number of aryl methyl sites for hydroxylation is 1. The van der Waals surface area contributed by atoms with Crippen LogP contribution in [0, 0.1) is 6.92 Å². The number of nitrogens with two attached hydrogens (primary N) is 1. The average Bonchev–Trinajstić information content (AvgIpc) is 3.20. The molecule has 2 heterocycles. The number of carbonyl (C=O) groups excluding carboxylic acids is 1. The number of amides is 1. The number of benzene rings is 2. The Morgan fingerprint density at radius 3 is 2.22 bits per heavy atom. The largest absolute Gasteiger partial charge is 0.496 e. The lowest BCUT2D eigenvalue weighted by Crippen LogP contribution is -2.32. The number of allylic oxidation sites excluding steroid dienone is 1. The van der Waals surface area contributed by atoms with Crippen molar-refractivity contribution in [3.05, 3.63) is 58.8 Å². The van der Waals surface area contributed by atoms with Crippen molar-refractivity contribution in [2.75, 3.05) is 26.6 Å². The van der Waals surface area contributed by atoms with Gasteiger partial charge in [-0.2, -0.15) is 4.98 Å². The summed E-state index contributed by atoms with van der Waals surface area (Å²) < 4.78 is 18.2. The zero-order valence-corrected chi connectivity index (χ0v) is 18.6. The van der Waals surface area contributed by atoms with E-state index in [1.165, 1.54) is 0 Å². The minimum absolute atomic E-state index is 0.350. The van der Waals surface area contributed by atoms with Gasteiger partial charge in [-0.15, -0.1) is 5.10 Å². The third-order valence-corrected chi connectivity index (χ3v) is 5.46. The maximum absolute atomic E-state index is 12.5. The zero-order valence-electron chi connectivity index (χ0n) is 18.6. The molecule has 32 heavy (non-hydrogen) atoms. The van der Waals surface area contributed by atoms with Gasteiger partial charge in [0.05, 0.1) is 26.9 Å². The molecule has 1 amide bonds. The standard InChI is InChI=1S/C23H25N5O4/c1-12-6-8-14(9-7-12)22-26-23-25-13(2)19(21(24)29)20(28(23)27-22)15-10-17(31-4)18(32-5)11-16(15)30-3/h6-11,20H,1-5H3,(H2,24,29)(H,25,26,27). The Labute approximate surface area is 185 Å². The molecule has 9 nitrogen and oxygen atoms in total. The topological polar surface area (TPSA) is 114 Å². The van der Waals surface area contributed by atoms with Crippen molar-refractivity contribution in [2.24, 2.45) is 5.73 Å². The van der Waals surface area contributed by atoms with E-state index < -0.39 is 11.9 Å². The molecule has 0 fully saturated rings. The SMILES string of the molecule is COc1cc(OC)c(C2C(C(N)=O)=C(C)Nc3nc(-c4ccc(C)cc4)nn32)cc1OC. The van der Waals surface area contributed by atoms with Gasteiger partial charge in [-0.05, 0) is 19.9 Å². The predicted molar refractivity (Wildman–Crippen MR) is 120 cm³/mol. The Morgan fingerprint density at radius 1 is 1.00 bits per heavy atom. The van der Waals surface area contributed by atoms with Crippen molar-refractivity contribution in [1.29, 1.82) is 0 Å². The van der Waals surface area contributed by atoms with Crippen LogP contribution in [0.3, 0.4) is 0 Å². The van der Waals surface area contributed by atoms with E-state index in [9.17, 15) is 4.79 Å². The molecular formula is C23H25N5O4. The van der Waals surface area contributed by atoms with Gasteiger partial charge in [-0.3, -0.25) is 4.79 Å². The van der Waals surface area contributed by atoms with Gasteiger partial charge in [0.15, 0.2) is 17.3 Å². The maximum atomic E-state index is 12.5. The minimum atomic E-state index is -0.676. The summed E-state index contributed by atoms with van der Waals surface area (Å²) in [5, 5.41) is 7.88. The highest BCUT2D eigenvalue weighted by molar-refractivity contribution is 5.95. The molecule has 0 bridgehead atoms. The Bertz CT molecular complexity index is 1210. The van der Waals surface area contributed by atoms with Gasteiger partial charge in [0.1, 0.15) is 11.8 Å². The minimum Gasteiger partial charge on any atom is -0.496 e. The molecule has 166 valence electrons. The zero-order chi connectivity index (χ0) is 23.0. The Morgan fingerprint density at radius 2 is 1.62 bits per heavy atom. The summed E-state index contributed by atoms with van der Waals surface area (Å²) in [5.41, 5.74) is 9.38. The van der Waals surface area contributed by atoms with Crippen LogP contribution in [0.4, 0.5) is 5.95 Å². The average molecular weight is 435 g/mol. The molecule has 1 atom stereocenters. The van der Waals surface area contributed by atoms with Gasteiger partial charge < -0.3 is 25.3 Å². The summed E-state index contributed by atoms with van der Waals surface area (Å²) in [5.74, 6) is 1.93. The Kier molecular flexibility index (Phi) is 5.48. The van der Waals surface area contributed by atoms with E-state index in [4.69, 9.17) is 25.0 Å². The maximum Gasteiger partial charge on any atom is 0.248 e. The molecule has 0 aliphatic carbocycles. The van der Waals surface area contributed by atoms with Crippen molar-refractivity contribution in [3.63, 3.8) is 0 Å². The van der Waals surface area contributed by atoms with E-state index in [2.05, 4.69) is 10.3 Å². The highest BCUT2D eigenvalue weighted by atomic mass is 16.5. The Hall–Kier alpha value is -4.01. The number of carbonyl (C=O) groups is 1. The molecule has 3 aromatic rings. The van der Waals surface area contributed by atoms with Crippen LogP contribution in [-0.4, -0.2) is 42.0 Å². The molecule has 0 saturated carbocycles. The molecule has 1 aliphatic heterocycles. The second-order valence-corrected chi connectivity index (χ2v) is 7.45. The van der Waals surface area contributed by atoms with Gasteiger partial charge in [-0.1, -0.05) is 29.8 Å². The first-order valence-corrected chi connectivity index (χ1v) is 9.99. The molecule has 1 unspecified atom stereocenters. The first kappa shape index (κ1) is 21.2. The molecule has 1 aromatic heterocycles. The van der Waals surface area contributed by atoms with Crippen molar-refractivity contribution >= 4 is 11.9 Å². The number of nitrogens with one attached hydrogen (secondary N) is 1. The van der Waals surface area contributed by atoms with Crippen molar-refractivity contribution in [2.45, 2.75) is 19.9 Å². The first-order valence-electron chi connectivity index (χ1n) is 9.99. The summed E-state index contributed by atoms with van der Waals surface area (Å²) >= 11 is 0. The number of hydrogen-bond donors (Lipinski definition) is 2. The summed E-state index contributed by atoms with van der Waals surface area (Å²) in [7, 11) is 4.64. The fourth-order valence-corrected chi connectivity index (χ4v) is 3.85. The Balaban J connectivity index is 1.94. The lowest BCUT2D eigenvalue weighted by atomic mass is 9.94. The van der Waals surface area contributed by atoms with Gasteiger partial charge in [0, 0.05) is 22.9 Å². The molecule has 0 spiro atoms. The lowest BCUT2D eigenvalue weighted by Gasteiger charge is -2.29. The van der Waals surface area contributed by atoms with Crippen LogP contribution in [0.1, 0.15) is 24.1 Å². The van der Waals surface area contributed by atoms with E-state index in [1.54, 1.807) is 45.1 Å². The summed E-state index contributed by atoms with van der Waals surface area (Å²) in [6.07, 6.45) is 0. The molecule has 4 rings (SSSR count). The monoisotopic (exact) mass is 435 g/mol. The molecule has 3 N–H and O–H groups in total. The van der Waals surface area contributed by atoms with Gasteiger partial charge in [0.2, 0.25) is 11.9 Å². The van der Waals surface area contributed by atoms with Gasteiger partial charge in [-0.25, -0.2) is 4.68 Å². The lowest BCUT2D eigenvalue weighted by molar-refractivity contribution is -0.115. The number of methoxy groups -OCH3 is 3. The predicted octanol–water partition coefficient (Wildman–Crippen LogP) is 3.05. The number of nitrogens with zero attached hydrogens (tertiary/aromatic N) is 3. The number of rotatable bonds is 6. The van der Waals surface area contributed by atoms with Crippen LogP contribution in [0.2, 0.25) is 0 Å². The number of aromatic nitrogens is 3. The van der Waals surface area contributed by atoms with Crippen molar-refractivity contribution in [1.82, 2.24) is 14.8 Å². The highest BCUT2D eigenvalue weighted by Gasteiger charge is 2.36. The van der Waals surface area contributed by atoms with Crippen LogP contribution >= 0.6 is 0 Å². The number of anilines is 1.